The molecule has 0 spiro atoms. The first-order valence-electron chi connectivity index (χ1n) is 6.28. The topological polar surface area (TPSA) is 83.4 Å². The summed E-state index contributed by atoms with van der Waals surface area (Å²) < 4.78 is 15.8. The van der Waals surface area contributed by atoms with E-state index in [2.05, 4.69) is 10.1 Å². The monoisotopic (exact) mass is 313 g/mol. The third-order valence-corrected chi connectivity index (χ3v) is 3.16. The van der Waals surface area contributed by atoms with Crippen LogP contribution in [0.25, 0.3) is 11.4 Å². The van der Waals surface area contributed by atoms with Crippen molar-refractivity contribution < 1.29 is 14.0 Å². The summed E-state index contributed by atoms with van der Waals surface area (Å²) in [6.45, 7) is 4.35. The molecule has 0 radical (unpaired) electrons. The van der Waals surface area contributed by atoms with Crippen molar-refractivity contribution in [3.05, 3.63) is 24.1 Å². The van der Waals surface area contributed by atoms with Gasteiger partial charge in [0, 0.05) is 12.1 Å². The molecule has 1 aromatic heterocycles. The van der Waals surface area contributed by atoms with Crippen molar-refractivity contribution in [1.29, 1.82) is 0 Å². The number of halogens is 1. The second-order valence-electron chi connectivity index (χ2n) is 5.08. The van der Waals surface area contributed by atoms with E-state index < -0.39 is 0 Å². The Labute approximate surface area is 130 Å². The Morgan fingerprint density at radius 2 is 1.86 bits per heavy atom. The zero-order valence-corrected chi connectivity index (χ0v) is 13.4. The molecule has 0 saturated heterocycles. The molecule has 0 aliphatic carbocycles. The van der Waals surface area contributed by atoms with Crippen LogP contribution in [-0.2, 0) is 5.41 Å². The zero-order chi connectivity index (χ0) is 14.8. The lowest BCUT2D eigenvalue weighted by atomic mass is 9.94. The maximum absolute atomic E-state index is 5.71. The highest BCUT2D eigenvalue weighted by Crippen LogP contribution is 2.32. The first-order chi connectivity index (χ1) is 9.51. The number of nitrogens with two attached hydrogens (primary N) is 1. The maximum atomic E-state index is 5.71. The van der Waals surface area contributed by atoms with Crippen molar-refractivity contribution in [1.82, 2.24) is 10.1 Å². The summed E-state index contributed by atoms with van der Waals surface area (Å²) >= 11 is 0. The fraction of sp³-hybridized carbons (Fsp3) is 0.429. The summed E-state index contributed by atoms with van der Waals surface area (Å²) in [5, 5.41) is 3.99. The van der Waals surface area contributed by atoms with Crippen LogP contribution in [0.3, 0.4) is 0 Å². The number of aromatic nitrogens is 2. The van der Waals surface area contributed by atoms with Gasteiger partial charge in [-0.15, -0.1) is 12.4 Å². The van der Waals surface area contributed by atoms with Gasteiger partial charge in [0.15, 0.2) is 11.5 Å². The molecule has 2 rings (SSSR count). The van der Waals surface area contributed by atoms with Gasteiger partial charge in [0.25, 0.3) is 0 Å². The summed E-state index contributed by atoms with van der Waals surface area (Å²) in [4.78, 5) is 4.40. The Morgan fingerprint density at radius 3 is 2.43 bits per heavy atom. The highest BCUT2D eigenvalue weighted by Gasteiger charge is 2.26. The normalized spacial score (nSPS) is 10.9. The van der Waals surface area contributed by atoms with E-state index >= 15 is 0 Å². The Balaban J connectivity index is 0.00000220. The number of methoxy groups -OCH3 is 2. The first kappa shape index (κ1) is 17.3. The van der Waals surface area contributed by atoms with Crippen molar-refractivity contribution in [3.8, 4) is 22.9 Å². The first-order valence-corrected chi connectivity index (χ1v) is 6.28. The van der Waals surface area contributed by atoms with Gasteiger partial charge < -0.3 is 19.7 Å². The van der Waals surface area contributed by atoms with E-state index in [1.54, 1.807) is 20.3 Å². The molecule has 0 amide bonds. The van der Waals surface area contributed by atoms with Crippen molar-refractivity contribution in [3.63, 3.8) is 0 Å². The molecule has 2 N–H and O–H groups in total. The molecule has 21 heavy (non-hydrogen) atoms. The fourth-order valence-electron chi connectivity index (χ4n) is 1.68. The number of hydrogen-bond donors (Lipinski definition) is 1. The van der Waals surface area contributed by atoms with Crippen LogP contribution < -0.4 is 15.2 Å². The van der Waals surface area contributed by atoms with Gasteiger partial charge in [-0.25, -0.2) is 0 Å². The quantitative estimate of drug-likeness (QED) is 0.912. The molecule has 0 atom stereocenters. The van der Waals surface area contributed by atoms with Crippen molar-refractivity contribution in [2.24, 2.45) is 5.73 Å². The van der Waals surface area contributed by atoms with Crippen LogP contribution in [0.5, 0.6) is 11.5 Å². The summed E-state index contributed by atoms with van der Waals surface area (Å²) in [6.07, 6.45) is 0. The number of benzene rings is 1. The zero-order valence-electron chi connectivity index (χ0n) is 12.5. The molecule has 1 heterocycles. The molecule has 6 nitrogen and oxygen atoms in total. The van der Waals surface area contributed by atoms with E-state index in [0.717, 1.165) is 5.56 Å². The van der Waals surface area contributed by atoms with Crippen molar-refractivity contribution in [2.75, 3.05) is 20.8 Å². The van der Waals surface area contributed by atoms with Gasteiger partial charge in [-0.2, -0.15) is 4.98 Å². The molecule has 1 aromatic carbocycles. The molecule has 116 valence electrons. The van der Waals surface area contributed by atoms with E-state index in [0.29, 0.717) is 29.8 Å². The molecule has 0 aliphatic heterocycles. The predicted molar refractivity (Wildman–Crippen MR) is 82.2 cm³/mol. The van der Waals surface area contributed by atoms with Gasteiger partial charge in [0.1, 0.15) is 0 Å². The number of hydrogen-bond acceptors (Lipinski definition) is 6. The Morgan fingerprint density at radius 1 is 1.19 bits per heavy atom. The Bertz CT molecular complexity index is 599. The third kappa shape index (κ3) is 3.46. The predicted octanol–water partition coefficient (Wildman–Crippen LogP) is 2.41. The average molecular weight is 314 g/mol. The molecule has 0 bridgehead atoms. The molecular formula is C14H20ClN3O3. The summed E-state index contributed by atoms with van der Waals surface area (Å²) in [6, 6.07) is 5.46. The van der Waals surface area contributed by atoms with Crippen LogP contribution in [0, 0.1) is 0 Å². The minimum atomic E-state index is -0.345. The number of nitrogens with zero attached hydrogens (tertiary/aromatic N) is 2. The molecule has 0 aliphatic rings. The lowest BCUT2D eigenvalue weighted by Gasteiger charge is -2.15. The molecule has 0 saturated carbocycles. The van der Waals surface area contributed by atoms with Gasteiger partial charge in [-0.05, 0) is 32.0 Å². The van der Waals surface area contributed by atoms with E-state index in [9.17, 15) is 0 Å². The van der Waals surface area contributed by atoms with Crippen molar-refractivity contribution in [2.45, 2.75) is 19.3 Å². The van der Waals surface area contributed by atoms with Crippen LogP contribution >= 0.6 is 12.4 Å². The minimum Gasteiger partial charge on any atom is -0.493 e. The van der Waals surface area contributed by atoms with Crippen LogP contribution in [0.1, 0.15) is 19.7 Å². The van der Waals surface area contributed by atoms with E-state index in [1.807, 2.05) is 26.0 Å². The second-order valence-corrected chi connectivity index (χ2v) is 5.08. The summed E-state index contributed by atoms with van der Waals surface area (Å²) in [5.74, 6) is 2.30. The van der Waals surface area contributed by atoms with E-state index in [4.69, 9.17) is 19.7 Å². The molecule has 0 unspecified atom stereocenters. The molecule has 0 fully saturated rings. The summed E-state index contributed by atoms with van der Waals surface area (Å²) in [5.41, 5.74) is 6.16. The number of ether oxygens (including phenoxy) is 2. The van der Waals surface area contributed by atoms with E-state index in [-0.39, 0.29) is 17.8 Å². The van der Waals surface area contributed by atoms with Crippen molar-refractivity contribution >= 4 is 12.4 Å². The standard InChI is InChI=1S/C14H19N3O3.ClH/c1-14(2,8-15)13-16-12(17-20-13)9-5-6-10(18-3)11(7-9)19-4;/h5-7H,8,15H2,1-4H3;1H. The minimum absolute atomic E-state index is 0. The molecular weight excluding hydrogens is 294 g/mol. The molecule has 2 aromatic rings. The van der Waals surface area contributed by atoms with Crippen LogP contribution in [0.2, 0.25) is 0 Å². The van der Waals surface area contributed by atoms with E-state index in [1.165, 1.54) is 0 Å². The summed E-state index contributed by atoms with van der Waals surface area (Å²) in [7, 11) is 3.18. The average Bonchev–Trinajstić information content (AvgIpc) is 2.97. The fourth-order valence-corrected chi connectivity index (χ4v) is 1.68. The largest absolute Gasteiger partial charge is 0.493 e. The Hall–Kier alpha value is -1.79. The van der Waals surface area contributed by atoms with Gasteiger partial charge in [0.2, 0.25) is 11.7 Å². The second kappa shape index (κ2) is 6.78. The molecule has 7 heteroatoms. The highest BCUT2D eigenvalue weighted by atomic mass is 35.5. The van der Waals surface area contributed by atoms with Crippen LogP contribution in [0.15, 0.2) is 22.7 Å². The van der Waals surface area contributed by atoms with Crippen LogP contribution in [0.4, 0.5) is 0 Å². The smallest absolute Gasteiger partial charge is 0.233 e. The van der Waals surface area contributed by atoms with Gasteiger partial charge in [0.05, 0.1) is 19.6 Å². The highest BCUT2D eigenvalue weighted by molar-refractivity contribution is 5.85. The van der Waals surface area contributed by atoms with Gasteiger partial charge >= 0.3 is 0 Å². The Kier molecular flexibility index (Phi) is 5.57. The lowest BCUT2D eigenvalue weighted by Crippen LogP contribution is -2.28. The SMILES string of the molecule is COc1ccc(-c2noc(C(C)(C)CN)n2)cc1OC.Cl. The van der Waals surface area contributed by atoms with Crippen LogP contribution in [-0.4, -0.2) is 30.9 Å². The van der Waals surface area contributed by atoms with Gasteiger partial charge in [-0.1, -0.05) is 5.16 Å². The van der Waals surface area contributed by atoms with Gasteiger partial charge in [-0.3, -0.25) is 0 Å². The maximum Gasteiger partial charge on any atom is 0.233 e. The number of rotatable bonds is 5. The lowest BCUT2D eigenvalue weighted by molar-refractivity contribution is 0.311. The third-order valence-electron chi connectivity index (χ3n) is 3.16.